The molecule has 3 rings (SSSR count). The SMILES string of the molecule is O=C(NC(c1cccc(F)c1)c1ccccn1)N1CCC(CO)CC1. The van der Waals surface area contributed by atoms with Gasteiger partial charge >= 0.3 is 6.03 Å². The number of amides is 2. The topological polar surface area (TPSA) is 65.5 Å². The number of hydrogen-bond donors (Lipinski definition) is 2. The molecule has 25 heavy (non-hydrogen) atoms. The number of urea groups is 1. The summed E-state index contributed by atoms with van der Waals surface area (Å²) in [4.78, 5) is 18.7. The summed E-state index contributed by atoms with van der Waals surface area (Å²) in [6.07, 6.45) is 3.23. The summed E-state index contributed by atoms with van der Waals surface area (Å²) in [5.74, 6) is -0.0877. The summed E-state index contributed by atoms with van der Waals surface area (Å²) in [6.45, 7) is 1.37. The van der Waals surface area contributed by atoms with E-state index in [-0.39, 0.29) is 24.4 Å². The van der Waals surface area contributed by atoms with Crippen molar-refractivity contribution in [1.82, 2.24) is 15.2 Å². The van der Waals surface area contributed by atoms with Crippen LogP contribution in [0.4, 0.5) is 9.18 Å². The highest BCUT2D eigenvalue weighted by molar-refractivity contribution is 5.75. The van der Waals surface area contributed by atoms with Gasteiger partial charge in [-0.05, 0) is 48.6 Å². The van der Waals surface area contributed by atoms with Crippen LogP contribution in [0, 0.1) is 11.7 Å². The van der Waals surface area contributed by atoms with Gasteiger partial charge in [0.15, 0.2) is 0 Å². The summed E-state index contributed by atoms with van der Waals surface area (Å²) in [5.41, 5.74) is 1.31. The Balaban J connectivity index is 1.77. The van der Waals surface area contributed by atoms with E-state index in [1.165, 1.54) is 12.1 Å². The molecule has 1 atom stereocenters. The van der Waals surface area contributed by atoms with Crippen molar-refractivity contribution in [2.24, 2.45) is 5.92 Å². The van der Waals surface area contributed by atoms with Crippen LogP contribution in [0.3, 0.4) is 0 Å². The van der Waals surface area contributed by atoms with Crippen molar-refractivity contribution in [3.8, 4) is 0 Å². The zero-order valence-electron chi connectivity index (χ0n) is 13.9. The van der Waals surface area contributed by atoms with Crippen LogP contribution >= 0.6 is 0 Å². The normalized spacial score (nSPS) is 16.5. The summed E-state index contributed by atoms with van der Waals surface area (Å²) in [6, 6.07) is 10.9. The van der Waals surface area contributed by atoms with Gasteiger partial charge in [-0.15, -0.1) is 0 Å². The maximum atomic E-state index is 13.7. The van der Waals surface area contributed by atoms with Crippen molar-refractivity contribution in [3.05, 3.63) is 65.7 Å². The van der Waals surface area contributed by atoms with Crippen molar-refractivity contribution in [3.63, 3.8) is 0 Å². The molecule has 0 spiro atoms. The molecule has 1 aliphatic rings. The molecule has 6 heteroatoms. The third-order valence-corrected chi connectivity index (χ3v) is 4.59. The minimum absolute atomic E-state index is 0.162. The van der Waals surface area contributed by atoms with Gasteiger partial charge in [-0.25, -0.2) is 9.18 Å². The van der Waals surface area contributed by atoms with E-state index >= 15 is 0 Å². The van der Waals surface area contributed by atoms with Crippen molar-refractivity contribution < 1.29 is 14.3 Å². The maximum absolute atomic E-state index is 13.7. The number of rotatable bonds is 4. The van der Waals surface area contributed by atoms with Gasteiger partial charge in [0.05, 0.1) is 11.7 Å². The minimum Gasteiger partial charge on any atom is -0.396 e. The Hall–Kier alpha value is -2.47. The quantitative estimate of drug-likeness (QED) is 0.897. The summed E-state index contributed by atoms with van der Waals surface area (Å²) < 4.78 is 13.7. The Morgan fingerprint density at radius 3 is 2.72 bits per heavy atom. The van der Waals surface area contributed by atoms with Gasteiger partial charge < -0.3 is 15.3 Å². The van der Waals surface area contributed by atoms with E-state index in [4.69, 9.17) is 0 Å². The van der Waals surface area contributed by atoms with Crippen LogP contribution in [-0.2, 0) is 0 Å². The number of carbonyl (C=O) groups excluding carboxylic acids is 1. The smallest absolute Gasteiger partial charge is 0.318 e. The number of carbonyl (C=O) groups is 1. The van der Waals surface area contributed by atoms with Crippen LogP contribution < -0.4 is 5.32 Å². The maximum Gasteiger partial charge on any atom is 0.318 e. The molecule has 0 bridgehead atoms. The molecule has 5 nitrogen and oxygen atoms in total. The van der Waals surface area contributed by atoms with Crippen LogP contribution in [0.5, 0.6) is 0 Å². The van der Waals surface area contributed by atoms with Crippen LogP contribution in [0.25, 0.3) is 0 Å². The first-order valence-electron chi connectivity index (χ1n) is 8.50. The Bertz CT molecular complexity index is 703. The lowest BCUT2D eigenvalue weighted by molar-refractivity contribution is 0.136. The largest absolute Gasteiger partial charge is 0.396 e. The van der Waals surface area contributed by atoms with Gasteiger partial charge in [-0.2, -0.15) is 0 Å². The van der Waals surface area contributed by atoms with Crippen molar-refractivity contribution in [2.45, 2.75) is 18.9 Å². The molecular weight excluding hydrogens is 321 g/mol. The Morgan fingerprint density at radius 2 is 2.08 bits per heavy atom. The first kappa shape index (κ1) is 17.4. The Morgan fingerprint density at radius 1 is 1.28 bits per heavy atom. The molecule has 0 radical (unpaired) electrons. The predicted octanol–water partition coefficient (Wildman–Crippen LogP) is 2.72. The van der Waals surface area contributed by atoms with Crippen molar-refractivity contribution in [1.29, 1.82) is 0 Å². The fourth-order valence-electron chi connectivity index (χ4n) is 3.09. The van der Waals surface area contributed by atoms with E-state index in [9.17, 15) is 14.3 Å². The number of likely N-dealkylation sites (tertiary alicyclic amines) is 1. The second kappa shape index (κ2) is 8.07. The molecule has 2 N–H and O–H groups in total. The zero-order chi connectivity index (χ0) is 17.6. The number of halogens is 1. The summed E-state index contributed by atoms with van der Waals surface area (Å²) in [7, 11) is 0. The molecule has 1 aromatic heterocycles. The molecule has 1 fully saturated rings. The lowest BCUT2D eigenvalue weighted by Crippen LogP contribution is -2.46. The van der Waals surface area contributed by atoms with Crippen LogP contribution in [0.2, 0.25) is 0 Å². The average Bonchev–Trinajstić information content (AvgIpc) is 2.66. The highest BCUT2D eigenvalue weighted by Crippen LogP contribution is 2.22. The molecule has 132 valence electrons. The van der Waals surface area contributed by atoms with Crippen LogP contribution in [0.15, 0.2) is 48.7 Å². The number of hydrogen-bond acceptors (Lipinski definition) is 3. The Labute approximate surface area is 146 Å². The standard InChI is InChI=1S/C19H22FN3O2/c20-16-5-3-4-15(12-16)18(17-6-1-2-9-21-17)22-19(25)23-10-7-14(13-24)8-11-23/h1-6,9,12,14,18,24H,7-8,10-11,13H2,(H,22,25). The van der Waals surface area contributed by atoms with Gasteiger partial charge in [0, 0.05) is 25.9 Å². The third kappa shape index (κ3) is 4.33. The molecule has 0 aliphatic carbocycles. The molecule has 2 aromatic rings. The van der Waals surface area contributed by atoms with E-state index in [1.807, 2.05) is 12.1 Å². The summed E-state index contributed by atoms with van der Waals surface area (Å²) >= 11 is 0. The second-order valence-corrected chi connectivity index (χ2v) is 6.31. The highest BCUT2D eigenvalue weighted by atomic mass is 19.1. The number of pyridine rings is 1. The number of nitrogens with zero attached hydrogens (tertiary/aromatic N) is 2. The molecule has 2 heterocycles. The van der Waals surface area contributed by atoms with Gasteiger partial charge in [0.1, 0.15) is 5.82 Å². The first-order valence-corrected chi connectivity index (χ1v) is 8.50. The molecule has 0 saturated carbocycles. The Kier molecular flexibility index (Phi) is 5.60. The van der Waals surface area contributed by atoms with E-state index in [2.05, 4.69) is 10.3 Å². The number of aliphatic hydroxyl groups excluding tert-OH is 1. The van der Waals surface area contributed by atoms with E-state index in [0.29, 0.717) is 24.3 Å². The minimum atomic E-state index is -0.514. The average molecular weight is 343 g/mol. The van der Waals surface area contributed by atoms with E-state index in [1.54, 1.807) is 29.3 Å². The molecule has 1 saturated heterocycles. The van der Waals surface area contributed by atoms with Crippen LogP contribution in [0.1, 0.15) is 30.1 Å². The number of piperidine rings is 1. The number of aromatic nitrogens is 1. The number of benzene rings is 1. The first-order chi connectivity index (χ1) is 12.2. The third-order valence-electron chi connectivity index (χ3n) is 4.59. The molecule has 1 aliphatic heterocycles. The van der Waals surface area contributed by atoms with E-state index in [0.717, 1.165) is 12.8 Å². The van der Waals surface area contributed by atoms with Crippen molar-refractivity contribution >= 4 is 6.03 Å². The predicted molar refractivity (Wildman–Crippen MR) is 92.4 cm³/mol. The second-order valence-electron chi connectivity index (χ2n) is 6.31. The van der Waals surface area contributed by atoms with Gasteiger partial charge in [-0.3, -0.25) is 4.98 Å². The fourth-order valence-corrected chi connectivity index (χ4v) is 3.09. The molecule has 1 unspecified atom stereocenters. The lowest BCUT2D eigenvalue weighted by atomic mass is 9.98. The van der Waals surface area contributed by atoms with E-state index < -0.39 is 6.04 Å². The molecule has 1 aromatic carbocycles. The fraction of sp³-hybridized carbons (Fsp3) is 0.368. The monoisotopic (exact) mass is 343 g/mol. The molecular formula is C19H22FN3O2. The summed E-state index contributed by atoms with van der Waals surface area (Å²) in [5, 5.41) is 12.2. The van der Waals surface area contributed by atoms with Crippen LogP contribution in [-0.4, -0.2) is 40.7 Å². The van der Waals surface area contributed by atoms with Gasteiger partial charge in [0.2, 0.25) is 0 Å². The van der Waals surface area contributed by atoms with Gasteiger partial charge in [0.25, 0.3) is 0 Å². The molecule has 2 amide bonds. The van der Waals surface area contributed by atoms with Crippen molar-refractivity contribution in [2.75, 3.05) is 19.7 Å². The number of nitrogens with one attached hydrogen (secondary N) is 1. The van der Waals surface area contributed by atoms with Gasteiger partial charge in [-0.1, -0.05) is 18.2 Å². The lowest BCUT2D eigenvalue weighted by Gasteiger charge is -2.32. The highest BCUT2D eigenvalue weighted by Gasteiger charge is 2.25. The number of aliphatic hydroxyl groups is 1. The zero-order valence-corrected chi connectivity index (χ0v) is 13.9.